The summed E-state index contributed by atoms with van der Waals surface area (Å²) in [7, 11) is 0. The minimum absolute atomic E-state index is 0.00630. The van der Waals surface area contributed by atoms with E-state index in [2.05, 4.69) is 0 Å². The largest absolute Gasteiger partial charge is 0.480 e. The minimum Gasteiger partial charge on any atom is -0.480 e. The fraction of sp³-hybridized carbons (Fsp3) is 0.857. The standard InChI is InChI=1S/C14H22N2O3/c15-12-9-5-4-8(7-9)11(12)13(17)16-6-2-1-3-10(16)14(18)19/h8-12H,1-7,15H2,(H,18,19)/t8?,9?,10-,11?,12?/m0/s1. The maximum atomic E-state index is 12.7. The molecule has 2 aliphatic carbocycles. The van der Waals surface area contributed by atoms with Crippen molar-refractivity contribution in [2.75, 3.05) is 6.54 Å². The van der Waals surface area contributed by atoms with Crippen LogP contribution in [0, 0.1) is 17.8 Å². The van der Waals surface area contributed by atoms with Crippen molar-refractivity contribution in [2.24, 2.45) is 23.5 Å². The van der Waals surface area contributed by atoms with Crippen LogP contribution in [-0.4, -0.2) is 40.5 Å². The smallest absolute Gasteiger partial charge is 0.326 e. The molecule has 0 aromatic carbocycles. The molecule has 5 nitrogen and oxygen atoms in total. The van der Waals surface area contributed by atoms with E-state index in [-0.39, 0.29) is 17.9 Å². The number of piperidine rings is 1. The molecular weight excluding hydrogens is 244 g/mol. The molecule has 2 bridgehead atoms. The second kappa shape index (κ2) is 4.78. The lowest BCUT2D eigenvalue weighted by Crippen LogP contribution is -2.54. The quantitative estimate of drug-likeness (QED) is 0.775. The number of aliphatic carboxylic acids is 1. The van der Waals surface area contributed by atoms with Crippen molar-refractivity contribution in [2.45, 2.75) is 50.6 Å². The maximum absolute atomic E-state index is 12.7. The van der Waals surface area contributed by atoms with Gasteiger partial charge in [0.15, 0.2) is 0 Å². The first-order valence-corrected chi connectivity index (χ1v) is 7.38. The molecule has 1 saturated heterocycles. The van der Waals surface area contributed by atoms with E-state index in [9.17, 15) is 14.7 Å². The Morgan fingerprint density at radius 2 is 1.84 bits per heavy atom. The summed E-state index contributed by atoms with van der Waals surface area (Å²) in [5, 5.41) is 9.27. The average molecular weight is 266 g/mol. The molecule has 4 unspecified atom stereocenters. The number of nitrogens with zero attached hydrogens (tertiary/aromatic N) is 1. The fourth-order valence-corrected chi connectivity index (χ4v) is 4.35. The Bertz CT molecular complexity index is 396. The first-order valence-electron chi connectivity index (χ1n) is 7.38. The molecule has 1 heterocycles. The van der Waals surface area contributed by atoms with E-state index >= 15 is 0 Å². The number of nitrogens with two attached hydrogens (primary N) is 1. The lowest BCUT2D eigenvalue weighted by atomic mass is 9.83. The zero-order valence-corrected chi connectivity index (χ0v) is 11.1. The lowest BCUT2D eigenvalue weighted by molar-refractivity contribution is -0.155. The molecule has 0 aromatic rings. The number of carboxylic acid groups (broad SMARTS) is 1. The van der Waals surface area contributed by atoms with Crippen LogP contribution in [-0.2, 0) is 9.59 Å². The van der Waals surface area contributed by atoms with E-state index in [0.29, 0.717) is 24.8 Å². The van der Waals surface area contributed by atoms with Crippen LogP contribution < -0.4 is 5.73 Å². The molecule has 3 N–H and O–H groups in total. The Hall–Kier alpha value is -1.10. The summed E-state index contributed by atoms with van der Waals surface area (Å²) in [6.07, 6.45) is 5.66. The third-order valence-electron chi connectivity index (χ3n) is 5.34. The summed E-state index contributed by atoms with van der Waals surface area (Å²) in [6.45, 7) is 0.580. The van der Waals surface area contributed by atoms with Gasteiger partial charge >= 0.3 is 5.97 Å². The number of hydrogen-bond donors (Lipinski definition) is 2. The molecule has 106 valence electrons. The van der Waals surface area contributed by atoms with Crippen LogP contribution in [0.15, 0.2) is 0 Å². The fourth-order valence-electron chi connectivity index (χ4n) is 4.35. The number of fused-ring (bicyclic) bond motifs is 2. The Morgan fingerprint density at radius 1 is 1.11 bits per heavy atom. The highest BCUT2D eigenvalue weighted by atomic mass is 16.4. The van der Waals surface area contributed by atoms with Gasteiger partial charge in [0.25, 0.3) is 0 Å². The molecule has 5 heteroatoms. The Balaban J connectivity index is 1.77. The van der Waals surface area contributed by atoms with Crippen LogP contribution in [0.5, 0.6) is 0 Å². The Kier molecular flexibility index (Phi) is 3.25. The van der Waals surface area contributed by atoms with Gasteiger partial charge < -0.3 is 15.7 Å². The Morgan fingerprint density at radius 3 is 2.47 bits per heavy atom. The molecule has 3 aliphatic rings. The lowest BCUT2D eigenvalue weighted by Gasteiger charge is -2.38. The molecule has 0 spiro atoms. The number of likely N-dealkylation sites (tertiary alicyclic amines) is 1. The van der Waals surface area contributed by atoms with Gasteiger partial charge in [0.2, 0.25) is 5.91 Å². The van der Waals surface area contributed by atoms with Crippen molar-refractivity contribution in [1.29, 1.82) is 0 Å². The van der Waals surface area contributed by atoms with Crippen molar-refractivity contribution in [3.63, 3.8) is 0 Å². The van der Waals surface area contributed by atoms with Gasteiger partial charge in [-0.2, -0.15) is 0 Å². The average Bonchev–Trinajstić information content (AvgIpc) is 2.98. The number of carbonyl (C=O) groups excluding carboxylic acids is 1. The third-order valence-corrected chi connectivity index (χ3v) is 5.34. The molecule has 1 aliphatic heterocycles. The topological polar surface area (TPSA) is 83.6 Å². The van der Waals surface area contributed by atoms with Crippen LogP contribution >= 0.6 is 0 Å². The van der Waals surface area contributed by atoms with Gasteiger partial charge in [-0.25, -0.2) is 4.79 Å². The molecule has 3 rings (SSSR count). The van der Waals surface area contributed by atoms with Crippen molar-refractivity contribution >= 4 is 11.9 Å². The highest BCUT2D eigenvalue weighted by Gasteiger charge is 2.51. The molecule has 2 saturated carbocycles. The second-order valence-corrected chi connectivity index (χ2v) is 6.32. The molecule has 5 atom stereocenters. The summed E-state index contributed by atoms with van der Waals surface area (Å²) in [5.41, 5.74) is 6.20. The predicted molar refractivity (Wildman–Crippen MR) is 69.3 cm³/mol. The van der Waals surface area contributed by atoms with Gasteiger partial charge in [-0.15, -0.1) is 0 Å². The summed E-state index contributed by atoms with van der Waals surface area (Å²) in [4.78, 5) is 25.6. The molecule has 1 amide bonds. The highest BCUT2D eigenvalue weighted by molar-refractivity contribution is 5.86. The first-order chi connectivity index (χ1) is 9.09. The van der Waals surface area contributed by atoms with Gasteiger partial charge in [0.05, 0.1) is 5.92 Å². The molecule has 0 aromatic heterocycles. The summed E-state index contributed by atoms with van der Waals surface area (Å²) < 4.78 is 0. The van der Waals surface area contributed by atoms with E-state index in [1.54, 1.807) is 4.90 Å². The molecule has 0 radical (unpaired) electrons. The predicted octanol–water partition coefficient (Wildman–Crippen LogP) is 0.825. The van der Waals surface area contributed by atoms with E-state index in [1.165, 1.54) is 0 Å². The molecule has 3 fully saturated rings. The van der Waals surface area contributed by atoms with Gasteiger partial charge in [-0.05, 0) is 50.4 Å². The number of amides is 1. The van der Waals surface area contributed by atoms with Crippen LogP contribution in [0.2, 0.25) is 0 Å². The van der Waals surface area contributed by atoms with Gasteiger partial charge in [-0.3, -0.25) is 4.79 Å². The minimum atomic E-state index is -0.871. The monoisotopic (exact) mass is 266 g/mol. The van der Waals surface area contributed by atoms with Crippen LogP contribution in [0.3, 0.4) is 0 Å². The van der Waals surface area contributed by atoms with Gasteiger partial charge in [-0.1, -0.05) is 0 Å². The molecule has 19 heavy (non-hydrogen) atoms. The van der Waals surface area contributed by atoms with Crippen molar-refractivity contribution in [3.05, 3.63) is 0 Å². The Labute approximate surface area is 113 Å². The summed E-state index contributed by atoms with van der Waals surface area (Å²) in [5.74, 6) is -0.119. The van der Waals surface area contributed by atoms with E-state index in [1.807, 2.05) is 0 Å². The van der Waals surface area contributed by atoms with Crippen molar-refractivity contribution < 1.29 is 14.7 Å². The normalized spacial score (nSPS) is 41.5. The van der Waals surface area contributed by atoms with Gasteiger partial charge in [0, 0.05) is 12.6 Å². The maximum Gasteiger partial charge on any atom is 0.326 e. The zero-order valence-electron chi connectivity index (χ0n) is 11.1. The SMILES string of the molecule is NC1C2CCC(C2)C1C(=O)N1CCCC[C@H]1C(=O)O. The number of rotatable bonds is 2. The highest BCUT2D eigenvalue weighted by Crippen LogP contribution is 2.48. The first kappa shape index (κ1) is 12.9. The van der Waals surface area contributed by atoms with E-state index in [4.69, 9.17) is 5.73 Å². The number of carbonyl (C=O) groups is 2. The van der Waals surface area contributed by atoms with Gasteiger partial charge in [0.1, 0.15) is 6.04 Å². The summed E-state index contributed by atoms with van der Waals surface area (Å²) in [6, 6.07) is -0.685. The number of hydrogen-bond acceptors (Lipinski definition) is 3. The van der Waals surface area contributed by atoms with E-state index in [0.717, 1.165) is 32.1 Å². The van der Waals surface area contributed by atoms with Crippen LogP contribution in [0.25, 0.3) is 0 Å². The second-order valence-electron chi connectivity index (χ2n) is 6.32. The molecular formula is C14H22N2O3. The van der Waals surface area contributed by atoms with Crippen molar-refractivity contribution in [1.82, 2.24) is 4.90 Å². The zero-order chi connectivity index (χ0) is 13.6. The van der Waals surface area contributed by atoms with Crippen molar-refractivity contribution in [3.8, 4) is 0 Å². The summed E-state index contributed by atoms with van der Waals surface area (Å²) >= 11 is 0. The van der Waals surface area contributed by atoms with E-state index < -0.39 is 12.0 Å². The third kappa shape index (κ3) is 2.04. The van der Waals surface area contributed by atoms with Crippen LogP contribution in [0.4, 0.5) is 0 Å². The number of carboxylic acids is 1. The van der Waals surface area contributed by atoms with Crippen LogP contribution in [0.1, 0.15) is 38.5 Å².